The Balaban J connectivity index is 1.19. The first-order chi connectivity index (χ1) is 25.0. The van der Waals surface area contributed by atoms with Gasteiger partial charge in [0, 0.05) is 28.5 Å². The molecule has 6 aromatic carbocycles. The van der Waals surface area contributed by atoms with Gasteiger partial charge in [-0.25, -0.2) is 15.0 Å². The van der Waals surface area contributed by atoms with E-state index in [-0.39, 0.29) is 17.3 Å². The second-order valence-electron chi connectivity index (χ2n) is 14.1. The third-order valence-electron chi connectivity index (χ3n) is 10.6. The zero-order valence-corrected chi connectivity index (χ0v) is 28.7. The summed E-state index contributed by atoms with van der Waals surface area (Å²) in [7, 11) is 0. The van der Waals surface area contributed by atoms with Gasteiger partial charge < -0.3 is 0 Å². The molecule has 0 fully saturated rings. The Morgan fingerprint density at radius 3 is 1.53 bits per heavy atom. The summed E-state index contributed by atoms with van der Waals surface area (Å²) < 4.78 is 0. The number of hydrogen-bond acceptors (Lipinski definition) is 3. The van der Waals surface area contributed by atoms with Crippen LogP contribution in [0.2, 0.25) is 0 Å². The van der Waals surface area contributed by atoms with Crippen LogP contribution >= 0.6 is 0 Å². The van der Waals surface area contributed by atoms with Crippen LogP contribution < -0.4 is 0 Å². The van der Waals surface area contributed by atoms with E-state index in [1.165, 1.54) is 39.0 Å². The quantitative estimate of drug-likeness (QED) is 0.179. The van der Waals surface area contributed by atoms with Crippen LogP contribution in [0.15, 0.2) is 176 Å². The van der Waals surface area contributed by atoms with Crippen molar-refractivity contribution >= 4 is 11.1 Å². The molecule has 0 bridgehead atoms. The minimum Gasteiger partial charge on any atom is -0.208 e. The molecule has 0 saturated heterocycles. The second-order valence-corrected chi connectivity index (χ2v) is 14.1. The summed E-state index contributed by atoms with van der Waals surface area (Å²) in [5.74, 6) is 2.51. The molecule has 0 N–H and O–H groups in total. The number of benzene rings is 6. The van der Waals surface area contributed by atoms with Gasteiger partial charge in [-0.15, -0.1) is 0 Å². The number of nitrogens with zero attached hydrogens (tertiary/aromatic N) is 3. The van der Waals surface area contributed by atoms with Crippen LogP contribution in [0.25, 0.3) is 56.4 Å². The van der Waals surface area contributed by atoms with E-state index in [0.29, 0.717) is 17.5 Å². The predicted octanol–water partition coefficient (Wildman–Crippen LogP) is 11.7. The van der Waals surface area contributed by atoms with Crippen LogP contribution in [-0.4, -0.2) is 15.0 Å². The first kappa shape index (κ1) is 30.8. The fourth-order valence-electron chi connectivity index (χ4n) is 8.29. The number of hydrogen-bond donors (Lipinski definition) is 0. The Labute approximate surface area is 299 Å². The average molecular weight is 656 g/mol. The molecule has 0 spiro atoms. The maximum absolute atomic E-state index is 5.04. The third-order valence-corrected chi connectivity index (χ3v) is 10.6. The first-order valence-corrected chi connectivity index (χ1v) is 17.7. The van der Waals surface area contributed by atoms with Gasteiger partial charge in [0.1, 0.15) is 0 Å². The third kappa shape index (κ3) is 5.52. The van der Waals surface area contributed by atoms with Crippen molar-refractivity contribution in [3.8, 4) is 45.3 Å². The minimum atomic E-state index is -0.138. The van der Waals surface area contributed by atoms with Gasteiger partial charge in [0.05, 0.1) is 0 Å². The molecule has 0 amide bonds. The van der Waals surface area contributed by atoms with Crippen molar-refractivity contribution in [2.24, 2.45) is 5.92 Å². The Hall–Kier alpha value is -6.19. The molecule has 2 atom stereocenters. The van der Waals surface area contributed by atoms with Crippen LogP contribution in [-0.2, 0) is 5.41 Å². The summed E-state index contributed by atoms with van der Waals surface area (Å²) in [6.07, 6.45) is 4.95. The molecular formula is C48H37N3. The van der Waals surface area contributed by atoms with Gasteiger partial charge in [0.25, 0.3) is 0 Å². The predicted molar refractivity (Wildman–Crippen MR) is 210 cm³/mol. The van der Waals surface area contributed by atoms with Crippen molar-refractivity contribution in [1.82, 2.24) is 15.0 Å². The molecular weight excluding hydrogens is 619 g/mol. The standard InChI is InChI=1S/C48H37N3/c1-48(2)43-39(27-16-28-40(43)42-31-38(32-17-7-3-8-18-32)30-41(44(42)48)33-19-9-4-10-20-33)36-25-15-26-37(29-36)47-50-45(34-21-11-5-12-22-34)49-46(51-47)35-23-13-6-14-24-35/h3-31,41,44H,1-2H3. The van der Waals surface area contributed by atoms with Crippen LogP contribution in [0.1, 0.15) is 42.0 Å². The van der Waals surface area contributed by atoms with Gasteiger partial charge >= 0.3 is 0 Å². The lowest BCUT2D eigenvalue weighted by molar-refractivity contribution is 0.383. The van der Waals surface area contributed by atoms with Gasteiger partial charge in [-0.2, -0.15) is 0 Å². The van der Waals surface area contributed by atoms with Gasteiger partial charge in [-0.1, -0.05) is 184 Å². The molecule has 0 aliphatic heterocycles. The van der Waals surface area contributed by atoms with Gasteiger partial charge in [-0.3, -0.25) is 0 Å². The Morgan fingerprint density at radius 1 is 0.451 bits per heavy atom. The summed E-state index contributed by atoms with van der Waals surface area (Å²) in [5.41, 5.74) is 13.2. The van der Waals surface area contributed by atoms with E-state index >= 15 is 0 Å². The van der Waals surface area contributed by atoms with Crippen molar-refractivity contribution in [2.45, 2.75) is 25.2 Å². The molecule has 3 nitrogen and oxygen atoms in total. The number of aromatic nitrogens is 3. The van der Waals surface area contributed by atoms with E-state index in [9.17, 15) is 0 Å². The van der Waals surface area contributed by atoms with Crippen LogP contribution in [0.3, 0.4) is 0 Å². The zero-order chi connectivity index (χ0) is 34.4. The highest BCUT2D eigenvalue weighted by molar-refractivity contribution is 5.94. The molecule has 51 heavy (non-hydrogen) atoms. The smallest absolute Gasteiger partial charge is 0.164 e. The molecule has 1 aromatic heterocycles. The van der Waals surface area contributed by atoms with Crippen LogP contribution in [0.5, 0.6) is 0 Å². The van der Waals surface area contributed by atoms with Crippen molar-refractivity contribution in [2.75, 3.05) is 0 Å². The van der Waals surface area contributed by atoms with Crippen molar-refractivity contribution in [3.63, 3.8) is 0 Å². The normalized spacial score (nSPS) is 17.2. The summed E-state index contributed by atoms with van der Waals surface area (Å²) >= 11 is 0. The van der Waals surface area contributed by atoms with Crippen molar-refractivity contribution < 1.29 is 0 Å². The molecule has 0 radical (unpaired) electrons. The molecule has 244 valence electrons. The fraction of sp³-hybridized carbons (Fsp3) is 0.104. The second kappa shape index (κ2) is 12.6. The monoisotopic (exact) mass is 655 g/mol. The maximum Gasteiger partial charge on any atom is 0.164 e. The summed E-state index contributed by atoms with van der Waals surface area (Å²) in [4.78, 5) is 15.0. The largest absolute Gasteiger partial charge is 0.208 e. The van der Waals surface area contributed by atoms with E-state index in [0.717, 1.165) is 22.3 Å². The van der Waals surface area contributed by atoms with Crippen LogP contribution in [0.4, 0.5) is 0 Å². The highest BCUT2D eigenvalue weighted by Crippen LogP contribution is 2.60. The first-order valence-electron chi connectivity index (χ1n) is 17.7. The lowest BCUT2D eigenvalue weighted by Gasteiger charge is -2.37. The summed E-state index contributed by atoms with van der Waals surface area (Å²) in [6.45, 7) is 4.87. The fourth-order valence-corrected chi connectivity index (χ4v) is 8.29. The topological polar surface area (TPSA) is 38.7 Å². The summed E-state index contributed by atoms with van der Waals surface area (Å²) in [5, 5.41) is 0. The van der Waals surface area contributed by atoms with Gasteiger partial charge in [0.2, 0.25) is 0 Å². The van der Waals surface area contributed by atoms with Gasteiger partial charge in [0.15, 0.2) is 17.5 Å². The lowest BCUT2D eigenvalue weighted by atomic mass is 9.65. The zero-order valence-electron chi connectivity index (χ0n) is 28.7. The highest BCUT2D eigenvalue weighted by atomic mass is 15.0. The molecule has 2 unspecified atom stereocenters. The molecule has 1 heterocycles. The van der Waals surface area contributed by atoms with Crippen molar-refractivity contribution in [1.29, 1.82) is 0 Å². The molecule has 3 heteroatoms. The number of fused-ring (bicyclic) bond motifs is 3. The Bertz CT molecular complexity index is 2370. The number of allylic oxidation sites excluding steroid dienone is 4. The van der Waals surface area contributed by atoms with Gasteiger partial charge in [-0.05, 0) is 56.0 Å². The molecule has 7 aromatic rings. The minimum absolute atomic E-state index is 0.138. The molecule has 2 aliphatic carbocycles. The average Bonchev–Trinajstić information content (AvgIpc) is 3.44. The molecule has 2 aliphatic rings. The van der Waals surface area contributed by atoms with E-state index in [1.54, 1.807) is 0 Å². The maximum atomic E-state index is 5.04. The SMILES string of the molecule is CC1(C)c2c(cccc2-c2cccc(-c3nc(-c4ccccc4)nc(-c4ccccc4)n3)c2)C2=CC(c3ccccc3)=CC(c3ccccc3)C21. The van der Waals surface area contributed by atoms with E-state index in [4.69, 9.17) is 15.0 Å². The highest BCUT2D eigenvalue weighted by Gasteiger charge is 2.49. The molecule has 0 saturated carbocycles. The Kier molecular flexibility index (Phi) is 7.62. The Morgan fingerprint density at radius 2 is 0.922 bits per heavy atom. The lowest BCUT2D eigenvalue weighted by Crippen LogP contribution is -2.30. The molecule has 9 rings (SSSR count). The summed E-state index contributed by atoms with van der Waals surface area (Å²) in [6, 6.07) is 57.7. The van der Waals surface area contributed by atoms with E-state index < -0.39 is 0 Å². The van der Waals surface area contributed by atoms with E-state index in [2.05, 4.69) is 153 Å². The van der Waals surface area contributed by atoms with Crippen molar-refractivity contribution in [3.05, 3.63) is 198 Å². The number of rotatable bonds is 6. The van der Waals surface area contributed by atoms with Crippen LogP contribution in [0, 0.1) is 5.92 Å². The van der Waals surface area contributed by atoms with E-state index in [1.807, 2.05) is 36.4 Å².